The molecule has 0 aliphatic rings. The molecule has 3 heteroatoms. The molecule has 0 N–H and O–H groups in total. The van der Waals surface area contributed by atoms with E-state index in [1.54, 1.807) is 12.1 Å². The molecule has 0 unspecified atom stereocenters. The van der Waals surface area contributed by atoms with Gasteiger partial charge in [0, 0.05) is 0 Å². The molecule has 0 bridgehead atoms. The first-order chi connectivity index (χ1) is 13.8. The zero-order valence-electron chi connectivity index (χ0n) is 15.4. The van der Waals surface area contributed by atoms with Crippen molar-refractivity contribution in [2.45, 2.75) is 0 Å². The Morgan fingerprint density at radius 1 is 0.500 bits per heavy atom. The Bertz CT molecular complexity index is 880. The van der Waals surface area contributed by atoms with E-state index in [0.717, 1.165) is 5.56 Å². The second-order valence-electron chi connectivity index (χ2n) is 6.13. The predicted octanol–water partition coefficient (Wildman–Crippen LogP) is 3.20. The molecule has 4 rings (SSSR count). The molecule has 0 atom stereocenters. The van der Waals surface area contributed by atoms with Gasteiger partial charge in [-0.05, 0) is 0 Å². The Balaban J connectivity index is 0.000000211. The van der Waals surface area contributed by atoms with Crippen molar-refractivity contribution in [3.05, 3.63) is 127 Å². The monoisotopic (exact) mass is 536 g/mol. The fourth-order valence-corrected chi connectivity index (χ4v) is 10.5. The third-order valence-corrected chi connectivity index (χ3v) is 12.5. The second kappa shape index (κ2) is 11.0. The summed E-state index contributed by atoms with van der Waals surface area (Å²) >= 11 is 0.436. The van der Waals surface area contributed by atoms with Crippen molar-refractivity contribution in [2.75, 3.05) is 0 Å². The number of carbonyl (C=O) groups excluding carboxylic acids is 1. The SMILES string of the molecule is O=C([Se])c1ccccc1.c1cc[c]([Sn]([c]2ccccc2)[c]2ccccc2)cc1. The summed E-state index contributed by atoms with van der Waals surface area (Å²) in [6.07, 6.45) is 0. The van der Waals surface area contributed by atoms with Crippen LogP contribution in [0.25, 0.3) is 0 Å². The molecule has 0 heterocycles. The summed E-state index contributed by atoms with van der Waals surface area (Å²) in [6, 6.07) is 42.0. The Kier molecular flexibility index (Phi) is 8.10. The molecule has 4 aromatic rings. The maximum absolute atomic E-state index is 10.6. The van der Waals surface area contributed by atoms with Crippen molar-refractivity contribution < 1.29 is 4.79 Å². The minimum absolute atomic E-state index is 0.00407. The van der Waals surface area contributed by atoms with E-state index in [-0.39, 0.29) is 4.68 Å². The van der Waals surface area contributed by atoms with E-state index in [1.165, 1.54) is 10.7 Å². The van der Waals surface area contributed by atoms with E-state index < -0.39 is 19.8 Å². The summed E-state index contributed by atoms with van der Waals surface area (Å²) in [6.45, 7) is 0. The van der Waals surface area contributed by atoms with Crippen LogP contribution >= 0.6 is 0 Å². The fraction of sp³-hybridized carbons (Fsp3) is 0. The van der Waals surface area contributed by atoms with Gasteiger partial charge in [-0.25, -0.2) is 0 Å². The van der Waals surface area contributed by atoms with Gasteiger partial charge in [-0.15, -0.1) is 0 Å². The van der Waals surface area contributed by atoms with Crippen LogP contribution in [0.2, 0.25) is 0 Å². The first-order valence-electron chi connectivity index (χ1n) is 9.05. The molecule has 136 valence electrons. The summed E-state index contributed by atoms with van der Waals surface area (Å²) in [5, 5.41) is 0. The van der Waals surface area contributed by atoms with E-state index >= 15 is 0 Å². The standard InChI is InChI=1S/C7H5OSe.3C6H5.Sn/c8-7(9)6-4-2-1-3-5-6;3*1-2-4-6-5-3-1;/h1-5H;3*1-5H;. The predicted molar refractivity (Wildman–Crippen MR) is 121 cm³/mol. The average Bonchev–Trinajstić information content (AvgIpc) is 2.77. The molecule has 0 fully saturated rings. The van der Waals surface area contributed by atoms with E-state index in [2.05, 4.69) is 107 Å². The van der Waals surface area contributed by atoms with Crippen LogP contribution in [0.15, 0.2) is 121 Å². The molecule has 28 heavy (non-hydrogen) atoms. The average molecular weight is 534 g/mol. The molecular weight excluding hydrogens is 514 g/mol. The molecule has 0 amide bonds. The Labute approximate surface area is 182 Å². The van der Waals surface area contributed by atoms with Gasteiger partial charge in [0.25, 0.3) is 0 Å². The fourth-order valence-electron chi connectivity index (χ4n) is 2.89. The van der Waals surface area contributed by atoms with Crippen LogP contribution in [0, 0.1) is 0 Å². The number of hydrogen-bond acceptors (Lipinski definition) is 1. The van der Waals surface area contributed by atoms with Gasteiger partial charge >= 0.3 is 183 Å². The van der Waals surface area contributed by atoms with E-state index in [9.17, 15) is 4.79 Å². The third kappa shape index (κ3) is 5.93. The summed E-state index contributed by atoms with van der Waals surface area (Å²) in [5.74, 6) is 0. The van der Waals surface area contributed by atoms with Crippen molar-refractivity contribution >= 4 is 51.2 Å². The Hall–Kier alpha value is -2.13. The third-order valence-electron chi connectivity index (χ3n) is 4.20. The quantitative estimate of drug-likeness (QED) is 0.368. The molecule has 0 aliphatic carbocycles. The second-order valence-corrected chi connectivity index (χ2v) is 14.0. The van der Waals surface area contributed by atoms with Crippen LogP contribution in [0.4, 0.5) is 0 Å². The van der Waals surface area contributed by atoms with Gasteiger partial charge < -0.3 is 0 Å². The maximum atomic E-state index is 10.6. The minimum atomic E-state index is -1.98. The number of carbonyl (C=O) groups is 1. The Morgan fingerprint density at radius 3 is 1.04 bits per heavy atom. The number of hydrogen-bond donors (Lipinski definition) is 0. The summed E-state index contributed by atoms with van der Waals surface area (Å²) < 4.78 is 4.59. The van der Waals surface area contributed by atoms with Crippen LogP contribution in [0.3, 0.4) is 0 Å². The first-order valence-corrected chi connectivity index (χ1v) is 14.2. The van der Waals surface area contributed by atoms with Gasteiger partial charge in [0.1, 0.15) is 0 Å². The van der Waals surface area contributed by atoms with Gasteiger partial charge in [-0.3, -0.25) is 0 Å². The van der Waals surface area contributed by atoms with Gasteiger partial charge in [-0.2, -0.15) is 0 Å². The van der Waals surface area contributed by atoms with Crippen molar-refractivity contribution in [1.29, 1.82) is 0 Å². The van der Waals surface area contributed by atoms with E-state index in [0.29, 0.717) is 0 Å². The van der Waals surface area contributed by atoms with Crippen LogP contribution in [0.1, 0.15) is 10.4 Å². The molecule has 0 saturated heterocycles. The topological polar surface area (TPSA) is 17.1 Å². The molecular formula is C25H20OSeSn. The molecule has 1 nitrogen and oxygen atoms in total. The molecule has 0 saturated carbocycles. The number of benzene rings is 4. The van der Waals surface area contributed by atoms with Gasteiger partial charge in [0.05, 0.1) is 0 Å². The normalized spacial score (nSPS) is 10.0. The van der Waals surface area contributed by atoms with Crippen molar-refractivity contribution in [3.8, 4) is 0 Å². The van der Waals surface area contributed by atoms with Crippen molar-refractivity contribution in [3.63, 3.8) is 0 Å². The summed E-state index contributed by atoms with van der Waals surface area (Å²) in [5.41, 5.74) is 0.720. The van der Waals surface area contributed by atoms with E-state index in [1.807, 2.05) is 18.2 Å². The van der Waals surface area contributed by atoms with E-state index in [4.69, 9.17) is 0 Å². The Morgan fingerprint density at radius 2 is 0.786 bits per heavy atom. The van der Waals surface area contributed by atoms with Crippen LogP contribution in [-0.2, 0) is 0 Å². The van der Waals surface area contributed by atoms with Crippen molar-refractivity contribution in [1.82, 2.24) is 0 Å². The molecule has 2 radical (unpaired) electrons. The molecule has 0 spiro atoms. The summed E-state index contributed by atoms with van der Waals surface area (Å²) in [7, 11) is 0. The van der Waals surface area contributed by atoms with Crippen LogP contribution in [-0.4, -0.2) is 40.5 Å². The first kappa shape index (κ1) is 20.6. The van der Waals surface area contributed by atoms with Gasteiger partial charge in [0.2, 0.25) is 0 Å². The van der Waals surface area contributed by atoms with Gasteiger partial charge in [0.15, 0.2) is 0 Å². The summed E-state index contributed by atoms with van der Waals surface area (Å²) in [4.78, 5) is 10.6. The van der Waals surface area contributed by atoms with Crippen molar-refractivity contribution in [2.24, 2.45) is 0 Å². The van der Waals surface area contributed by atoms with Crippen LogP contribution < -0.4 is 10.7 Å². The molecule has 0 aliphatic heterocycles. The number of rotatable bonds is 4. The molecule has 0 aromatic heterocycles. The zero-order chi connectivity index (χ0) is 19.6. The zero-order valence-corrected chi connectivity index (χ0v) is 19.9. The van der Waals surface area contributed by atoms with Gasteiger partial charge in [-0.1, -0.05) is 0 Å². The molecule has 4 aromatic carbocycles. The van der Waals surface area contributed by atoms with Crippen LogP contribution in [0.5, 0.6) is 0 Å².